The number of aliphatic hydroxyl groups is 3. The van der Waals surface area contributed by atoms with Gasteiger partial charge in [-0.25, -0.2) is 0 Å². The molecule has 0 rings (SSSR count). The fourth-order valence-electron chi connectivity index (χ4n) is 0.840. The molecule has 67 valence electrons. The van der Waals surface area contributed by atoms with E-state index in [9.17, 15) is 0 Å². The molecule has 0 aliphatic rings. The van der Waals surface area contributed by atoms with Gasteiger partial charge in [0.05, 0.1) is 12.2 Å². The minimum absolute atomic E-state index is 0.518. The van der Waals surface area contributed by atoms with Crippen LogP contribution in [0.2, 0.25) is 0 Å². The number of unbranched alkanes of at least 4 members (excludes halogenated alkanes) is 1. The summed E-state index contributed by atoms with van der Waals surface area (Å²) in [5.41, 5.74) is 0. The molecule has 0 aromatic carbocycles. The Bertz CT molecular complexity index is 93.3. The Kier molecular flexibility index (Phi) is 5.46. The third kappa shape index (κ3) is 4.35. The van der Waals surface area contributed by atoms with Crippen LogP contribution in [0.4, 0.5) is 0 Å². The predicted octanol–water partition coefficient (Wildman–Crippen LogP) is 0.0934. The van der Waals surface area contributed by atoms with Crippen molar-refractivity contribution in [1.29, 1.82) is 0 Å². The van der Waals surface area contributed by atoms with Gasteiger partial charge in [-0.2, -0.15) is 0 Å². The minimum atomic E-state index is -1.11. The second kappa shape index (κ2) is 5.52. The maximum Gasteiger partial charge on any atom is 0.106 e. The maximum atomic E-state index is 9.17. The fourth-order valence-corrected chi connectivity index (χ4v) is 0.840. The Labute approximate surface area is 67.7 Å². The van der Waals surface area contributed by atoms with Crippen LogP contribution < -0.4 is 0 Å². The first-order valence-corrected chi connectivity index (χ1v) is 3.96. The fraction of sp³-hybridized carbons (Fsp3) is 0.875. The Morgan fingerprint density at radius 2 is 1.82 bits per heavy atom. The molecule has 3 atom stereocenters. The SMILES string of the molecule is [CH2]C(O)C(O)C(O)CCCC. The van der Waals surface area contributed by atoms with Crippen LogP contribution in [0, 0.1) is 6.92 Å². The van der Waals surface area contributed by atoms with Crippen molar-refractivity contribution in [3.05, 3.63) is 6.92 Å². The van der Waals surface area contributed by atoms with E-state index in [1.54, 1.807) is 0 Å². The van der Waals surface area contributed by atoms with Gasteiger partial charge in [-0.05, 0) is 13.3 Å². The Balaban J connectivity index is 3.55. The molecule has 0 aliphatic carbocycles. The highest BCUT2D eigenvalue weighted by Crippen LogP contribution is 2.07. The average molecular weight is 161 g/mol. The number of hydrogen-bond acceptors (Lipinski definition) is 3. The van der Waals surface area contributed by atoms with E-state index in [0.29, 0.717) is 6.42 Å². The van der Waals surface area contributed by atoms with E-state index in [1.807, 2.05) is 6.92 Å². The quantitative estimate of drug-likeness (QED) is 0.535. The molecule has 0 aromatic heterocycles. The van der Waals surface area contributed by atoms with Crippen molar-refractivity contribution in [3.63, 3.8) is 0 Å². The highest BCUT2D eigenvalue weighted by atomic mass is 16.4. The Hall–Kier alpha value is -0.120. The van der Waals surface area contributed by atoms with Gasteiger partial charge in [-0.15, -0.1) is 0 Å². The summed E-state index contributed by atoms with van der Waals surface area (Å²) in [7, 11) is 0. The van der Waals surface area contributed by atoms with Gasteiger partial charge in [0.15, 0.2) is 0 Å². The second-order valence-corrected chi connectivity index (χ2v) is 2.77. The molecule has 0 bridgehead atoms. The van der Waals surface area contributed by atoms with Crippen LogP contribution >= 0.6 is 0 Å². The van der Waals surface area contributed by atoms with Gasteiger partial charge in [-0.1, -0.05) is 19.8 Å². The zero-order valence-corrected chi connectivity index (χ0v) is 6.90. The summed E-state index contributed by atoms with van der Waals surface area (Å²) < 4.78 is 0. The van der Waals surface area contributed by atoms with E-state index in [-0.39, 0.29) is 0 Å². The van der Waals surface area contributed by atoms with Gasteiger partial charge < -0.3 is 15.3 Å². The monoisotopic (exact) mass is 161 g/mol. The van der Waals surface area contributed by atoms with E-state index >= 15 is 0 Å². The lowest BCUT2D eigenvalue weighted by atomic mass is 10.0. The minimum Gasteiger partial charge on any atom is -0.390 e. The molecular weight excluding hydrogens is 144 g/mol. The molecule has 0 saturated carbocycles. The van der Waals surface area contributed by atoms with Crippen LogP contribution in [-0.2, 0) is 0 Å². The van der Waals surface area contributed by atoms with Gasteiger partial charge in [0, 0.05) is 0 Å². The first-order valence-electron chi connectivity index (χ1n) is 3.96. The van der Waals surface area contributed by atoms with Crippen LogP contribution in [0.3, 0.4) is 0 Å². The molecule has 3 heteroatoms. The van der Waals surface area contributed by atoms with Gasteiger partial charge in [0.2, 0.25) is 0 Å². The predicted molar refractivity (Wildman–Crippen MR) is 42.9 cm³/mol. The molecule has 0 aromatic rings. The molecule has 11 heavy (non-hydrogen) atoms. The van der Waals surface area contributed by atoms with Crippen molar-refractivity contribution in [1.82, 2.24) is 0 Å². The summed E-state index contributed by atoms with van der Waals surface area (Å²) in [4.78, 5) is 0. The maximum absolute atomic E-state index is 9.17. The largest absolute Gasteiger partial charge is 0.390 e. The van der Waals surface area contributed by atoms with E-state index in [0.717, 1.165) is 12.8 Å². The lowest BCUT2D eigenvalue weighted by molar-refractivity contribution is -0.0456. The molecule has 0 amide bonds. The Morgan fingerprint density at radius 3 is 2.18 bits per heavy atom. The topological polar surface area (TPSA) is 60.7 Å². The highest BCUT2D eigenvalue weighted by molar-refractivity contribution is 4.76. The zero-order chi connectivity index (χ0) is 8.85. The molecule has 3 N–H and O–H groups in total. The lowest BCUT2D eigenvalue weighted by Crippen LogP contribution is -2.35. The summed E-state index contributed by atoms with van der Waals surface area (Å²) in [6, 6.07) is 0. The molecule has 0 aliphatic heterocycles. The molecule has 0 saturated heterocycles. The molecule has 0 fully saturated rings. The molecule has 0 heterocycles. The second-order valence-electron chi connectivity index (χ2n) is 2.77. The lowest BCUT2D eigenvalue weighted by Gasteiger charge is -2.19. The van der Waals surface area contributed by atoms with Crippen molar-refractivity contribution in [2.45, 2.75) is 44.5 Å². The van der Waals surface area contributed by atoms with Crippen molar-refractivity contribution >= 4 is 0 Å². The summed E-state index contributed by atoms with van der Waals surface area (Å²) in [6.45, 7) is 5.21. The van der Waals surface area contributed by atoms with Crippen LogP contribution in [0.1, 0.15) is 26.2 Å². The van der Waals surface area contributed by atoms with Gasteiger partial charge in [0.1, 0.15) is 6.10 Å². The van der Waals surface area contributed by atoms with E-state index in [1.165, 1.54) is 0 Å². The van der Waals surface area contributed by atoms with Crippen LogP contribution in [-0.4, -0.2) is 33.6 Å². The third-order valence-corrected chi connectivity index (χ3v) is 1.64. The molecule has 3 unspecified atom stereocenters. The standard InChI is InChI=1S/C8H17O3/c1-3-4-5-7(10)8(11)6(2)9/h6-11H,2-5H2,1H3. The molecular formula is C8H17O3. The smallest absolute Gasteiger partial charge is 0.106 e. The first-order chi connectivity index (χ1) is 5.09. The van der Waals surface area contributed by atoms with Crippen LogP contribution in [0.5, 0.6) is 0 Å². The summed E-state index contributed by atoms with van der Waals surface area (Å²) in [5, 5.41) is 27.0. The van der Waals surface area contributed by atoms with Crippen LogP contribution in [0.15, 0.2) is 0 Å². The van der Waals surface area contributed by atoms with Crippen molar-refractivity contribution in [2.75, 3.05) is 0 Å². The number of aliphatic hydroxyl groups excluding tert-OH is 3. The molecule has 0 spiro atoms. The summed E-state index contributed by atoms with van der Waals surface area (Å²) in [6.07, 6.45) is -0.711. The number of hydrogen-bond donors (Lipinski definition) is 3. The van der Waals surface area contributed by atoms with Crippen molar-refractivity contribution < 1.29 is 15.3 Å². The van der Waals surface area contributed by atoms with E-state index in [2.05, 4.69) is 6.92 Å². The van der Waals surface area contributed by atoms with Gasteiger partial charge in [-0.3, -0.25) is 0 Å². The Morgan fingerprint density at radius 1 is 1.27 bits per heavy atom. The molecule has 3 nitrogen and oxygen atoms in total. The van der Waals surface area contributed by atoms with Gasteiger partial charge >= 0.3 is 0 Å². The van der Waals surface area contributed by atoms with Crippen molar-refractivity contribution in [2.24, 2.45) is 0 Å². The zero-order valence-electron chi connectivity index (χ0n) is 6.90. The van der Waals surface area contributed by atoms with Crippen LogP contribution in [0.25, 0.3) is 0 Å². The van der Waals surface area contributed by atoms with E-state index < -0.39 is 18.3 Å². The van der Waals surface area contributed by atoms with Crippen molar-refractivity contribution in [3.8, 4) is 0 Å². The summed E-state index contributed by atoms with van der Waals surface area (Å²) >= 11 is 0. The summed E-state index contributed by atoms with van der Waals surface area (Å²) in [5.74, 6) is 0. The highest BCUT2D eigenvalue weighted by Gasteiger charge is 2.19. The first kappa shape index (κ1) is 10.9. The normalized spacial score (nSPS) is 19.4. The average Bonchev–Trinajstić information content (AvgIpc) is 1.98. The molecule has 1 radical (unpaired) electrons. The van der Waals surface area contributed by atoms with Gasteiger partial charge in [0.25, 0.3) is 0 Å². The van der Waals surface area contributed by atoms with E-state index in [4.69, 9.17) is 15.3 Å². The number of rotatable bonds is 5. The third-order valence-electron chi connectivity index (χ3n) is 1.64.